The largest absolute Gasteiger partial charge is 0.381 e. The highest BCUT2D eigenvalue weighted by atomic mass is 19.1. The molecule has 0 bridgehead atoms. The minimum Gasteiger partial charge on any atom is -0.381 e. The first-order valence-electron chi connectivity index (χ1n) is 8.14. The quantitative estimate of drug-likeness (QED) is 0.925. The summed E-state index contributed by atoms with van der Waals surface area (Å²) in [5.74, 6) is -1.24. The molecule has 2 aliphatic rings. The summed E-state index contributed by atoms with van der Waals surface area (Å²) in [6.45, 7) is 3.90. The van der Waals surface area contributed by atoms with Crippen molar-refractivity contribution in [1.82, 2.24) is 5.32 Å². The van der Waals surface area contributed by atoms with Gasteiger partial charge in [-0.25, -0.2) is 8.78 Å². The average molecular weight is 324 g/mol. The van der Waals surface area contributed by atoms with Gasteiger partial charge in [0.05, 0.1) is 6.61 Å². The van der Waals surface area contributed by atoms with Crippen LogP contribution >= 0.6 is 0 Å². The summed E-state index contributed by atoms with van der Waals surface area (Å²) in [5, 5.41) is 3.43. The van der Waals surface area contributed by atoms with Crippen molar-refractivity contribution in [3.05, 3.63) is 29.8 Å². The van der Waals surface area contributed by atoms with Crippen LogP contribution in [0.15, 0.2) is 18.2 Å². The van der Waals surface area contributed by atoms with E-state index in [1.807, 2.05) is 0 Å². The highest BCUT2D eigenvalue weighted by molar-refractivity contribution is 5.96. The van der Waals surface area contributed by atoms with Crippen LogP contribution in [0.5, 0.6) is 0 Å². The molecule has 2 heterocycles. The van der Waals surface area contributed by atoms with Gasteiger partial charge in [0.25, 0.3) is 0 Å². The van der Waals surface area contributed by atoms with E-state index in [0.29, 0.717) is 5.92 Å². The number of rotatable bonds is 4. The predicted octanol–water partition coefficient (Wildman–Crippen LogP) is 2.47. The zero-order valence-electron chi connectivity index (χ0n) is 13.2. The van der Waals surface area contributed by atoms with Gasteiger partial charge in [0.1, 0.15) is 17.3 Å². The number of hydrogen-bond donors (Lipinski definition) is 1. The summed E-state index contributed by atoms with van der Waals surface area (Å²) >= 11 is 0. The summed E-state index contributed by atoms with van der Waals surface area (Å²) in [6.07, 6.45) is 2.40. The zero-order chi connectivity index (χ0) is 16.4. The lowest BCUT2D eigenvalue weighted by Gasteiger charge is -2.30. The molecule has 1 aromatic rings. The molecule has 0 aromatic heterocycles. The van der Waals surface area contributed by atoms with Crippen LogP contribution in [0, 0.1) is 17.6 Å². The fourth-order valence-electron chi connectivity index (χ4n) is 3.45. The first-order valence-corrected chi connectivity index (χ1v) is 8.14. The van der Waals surface area contributed by atoms with Gasteiger partial charge in [-0.3, -0.25) is 4.79 Å². The lowest BCUT2D eigenvalue weighted by molar-refractivity contribution is -0.117. The topological polar surface area (TPSA) is 41.6 Å². The van der Waals surface area contributed by atoms with Gasteiger partial charge in [0, 0.05) is 31.7 Å². The number of ether oxygens (including phenoxy) is 1. The molecular weight excluding hydrogens is 302 g/mol. The van der Waals surface area contributed by atoms with Gasteiger partial charge >= 0.3 is 0 Å². The second kappa shape index (κ2) is 6.93. The van der Waals surface area contributed by atoms with Gasteiger partial charge in [0.2, 0.25) is 5.91 Å². The molecule has 0 radical (unpaired) electrons. The summed E-state index contributed by atoms with van der Waals surface area (Å²) in [5.41, 5.74) is -0.240. The van der Waals surface area contributed by atoms with Crippen molar-refractivity contribution >= 4 is 11.6 Å². The van der Waals surface area contributed by atoms with Crippen molar-refractivity contribution in [3.8, 4) is 0 Å². The van der Waals surface area contributed by atoms with Gasteiger partial charge < -0.3 is 15.0 Å². The molecule has 3 atom stereocenters. The Morgan fingerprint density at radius 2 is 2.09 bits per heavy atom. The lowest BCUT2D eigenvalue weighted by atomic mass is 9.94. The Kier molecular flexibility index (Phi) is 4.92. The molecule has 3 unspecified atom stereocenters. The Hall–Kier alpha value is -1.53. The number of nitrogens with zero attached hydrogens (tertiary/aromatic N) is 1. The molecule has 1 aromatic carbocycles. The number of para-hydroxylation sites is 1. The summed E-state index contributed by atoms with van der Waals surface area (Å²) in [6, 6.07) is 3.76. The molecule has 2 aliphatic heterocycles. The first kappa shape index (κ1) is 16.3. The van der Waals surface area contributed by atoms with Crippen molar-refractivity contribution in [1.29, 1.82) is 0 Å². The number of amides is 1. The van der Waals surface area contributed by atoms with Crippen LogP contribution in [0.4, 0.5) is 14.5 Å². The maximum Gasteiger partial charge on any atom is 0.228 e. The average Bonchev–Trinajstić information content (AvgIpc) is 2.88. The number of carbonyl (C=O) groups is 1. The van der Waals surface area contributed by atoms with E-state index in [2.05, 4.69) is 12.2 Å². The minimum absolute atomic E-state index is 0.0987. The Morgan fingerprint density at radius 3 is 2.74 bits per heavy atom. The Bertz CT molecular complexity index is 555. The maximum atomic E-state index is 13.9. The number of halogens is 2. The Morgan fingerprint density at radius 1 is 1.35 bits per heavy atom. The number of nitrogens with one attached hydrogen (secondary N) is 1. The third kappa shape index (κ3) is 3.53. The van der Waals surface area contributed by atoms with Gasteiger partial charge in [-0.2, -0.15) is 0 Å². The van der Waals surface area contributed by atoms with E-state index in [-0.39, 0.29) is 36.6 Å². The van der Waals surface area contributed by atoms with Crippen molar-refractivity contribution in [2.45, 2.75) is 38.3 Å². The van der Waals surface area contributed by atoms with E-state index in [1.165, 1.54) is 23.1 Å². The molecule has 23 heavy (non-hydrogen) atoms. The molecule has 2 fully saturated rings. The van der Waals surface area contributed by atoms with E-state index in [9.17, 15) is 13.6 Å². The normalized spacial score (nSPS) is 26.6. The fourth-order valence-corrected chi connectivity index (χ4v) is 3.45. The molecule has 6 heteroatoms. The van der Waals surface area contributed by atoms with Gasteiger partial charge in [-0.15, -0.1) is 0 Å². The molecule has 0 saturated carbocycles. The van der Waals surface area contributed by atoms with Gasteiger partial charge in [-0.05, 0) is 37.8 Å². The standard InChI is InChI=1S/C17H22F2N2O2/c1-11(12-4-3-7-23-10-12)20-13-8-16(22)21(9-13)17-14(18)5-2-6-15(17)19/h2,5-6,11-13,20H,3-4,7-10H2,1H3. The molecule has 1 amide bonds. The first-order chi connectivity index (χ1) is 11.1. The number of anilines is 1. The monoisotopic (exact) mass is 324 g/mol. The maximum absolute atomic E-state index is 13.9. The molecule has 0 spiro atoms. The second-order valence-electron chi connectivity index (χ2n) is 6.41. The van der Waals surface area contributed by atoms with E-state index in [1.54, 1.807) is 0 Å². The Labute approximate surface area is 134 Å². The number of benzene rings is 1. The highest BCUT2D eigenvalue weighted by Crippen LogP contribution is 2.28. The van der Waals surface area contributed by atoms with Crippen LogP contribution < -0.4 is 10.2 Å². The predicted molar refractivity (Wildman–Crippen MR) is 83.3 cm³/mol. The van der Waals surface area contributed by atoms with Crippen LogP contribution in [-0.4, -0.2) is 37.7 Å². The lowest BCUT2D eigenvalue weighted by Crippen LogP contribution is -2.44. The molecule has 126 valence electrons. The molecular formula is C17H22F2N2O2. The molecule has 0 aliphatic carbocycles. The third-order valence-corrected chi connectivity index (χ3v) is 4.73. The summed E-state index contributed by atoms with van der Waals surface area (Å²) in [7, 11) is 0. The SMILES string of the molecule is CC(NC1CC(=O)N(c2c(F)cccc2F)C1)C1CCCOC1. The summed E-state index contributed by atoms with van der Waals surface area (Å²) in [4.78, 5) is 13.4. The minimum atomic E-state index is -0.701. The van der Waals surface area contributed by atoms with E-state index in [4.69, 9.17) is 4.74 Å². The van der Waals surface area contributed by atoms with Crippen molar-refractivity contribution in [3.63, 3.8) is 0 Å². The fraction of sp³-hybridized carbons (Fsp3) is 0.588. The van der Waals surface area contributed by atoms with E-state index in [0.717, 1.165) is 26.1 Å². The Balaban J connectivity index is 1.65. The van der Waals surface area contributed by atoms with Gasteiger partial charge in [-0.1, -0.05) is 6.07 Å². The van der Waals surface area contributed by atoms with E-state index >= 15 is 0 Å². The number of hydrogen-bond acceptors (Lipinski definition) is 3. The second-order valence-corrected chi connectivity index (χ2v) is 6.41. The smallest absolute Gasteiger partial charge is 0.228 e. The van der Waals surface area contributed by atoms with Crippen LogP contribution in [0.25, 0.3) is 0 Å². The molecule has 2 saturated heterocycles. The van der Waals surface area contributed by atoms with Crippen molar-refractivity contribution in [2.24, 2.45) is 5.92 Å². The molecule has 1 N–H and O–H groups in total. The summed E-state index contributed by atoms with van der Waals surface area (Å²) < 4.78 is 33.3. The number of carbonyl (C=O) groups excluding carboxylic acids is 1. The van der Waals surface area contributed by atoms with Crippen molar-refractivity contribution in [2.75, 3.05) is 24.7 Å². The van der Waals surface area contributed by atoms with Crippen LogP contribution in [0.2, 0.25) is 0 Å². The van der Waals surface area contributed by atoms with Crippen molar-refractivity contribution < 1.29 is 18.3 Å². The van der Waals surface area contributed by atoms with E-state index < -0.39 is 11.6 Å². The van der Waals surface area contributed by atoms with Crippen LogP contribution in [0.1, 0.15) is 26.2 Å². The van der Waals surface area contributed by atoms with Crippen LogP contribution in [0.3, 0.4) is 0 Å². The van der Waals surface area contributed by atoms with Gasteiger partial charge in [0.15, 0.2) is 0 Å². The third-order valence-electron chi connectivity index (χ3n) is 4.73. The zero-order valence-corrected chi connectivity index (χ0v) is 13.2. The molecule has 3 rings (SSSR count). The molecule has 4 nitrogen and oxygen atoms in total. The van der Waals surface area contributed by atoms with Crippen LogP contribution in [-0.2, 0) is 9.53 Å². The highest BCUT2D eigenvalue weighted by Gasteiger charge is 2.35.